The van der Waals surface area contributed by atoms with Crippen molar-refractivity contribution in [2.75, 3.05) is 33.9 Å². The molecule has 24 heavy (non-hydrogen) atoms. The normalized spacial score (nSPS) is 12.6. The number of rotatable bonds is 10. The maximum atomic E-state index is 10.5. The van der Waals surface area contributed by atoms with E-state index in [2.05, 4.69) is 22.5 Å². The minimum absolute atomic E-state index is 0.243. The Labute approximate surface area is 145 Å². The van der Waals surface area contributed by atoms with Crippen molar-refractivity contribution in [3.8, 4) is 11.5 Å². The summed E-state index contributed by atoms with van der Waals surface area (Å²) in [6, 6.07) is 5.37. The Morgan fingerprint density at radius 3 is 2.58 bits per heavy atom. The summed E-state index contributed by atoms with van der Waals surface area (Å²) in [4.78, 5) is 4.47. The van der Waals surface area contributed by atoms with Crippen LogP contribution in [0.25, 0.3) is 0 Å². The van der Waals surface area contributed by atoms with E-state index in [0.717, 1.165) is 25.5 Å². The zero-order valence-electron chi connectivity index (χ0n) is 15.3. The van der Waals surface area contributed by atoms with Crippen LogP contribution in [0.4, 0.5) is 0 Å². The van der Waals surface area contributed by atoms with Gasteiger partial charge in [-0.1, -0.05) is 19.8 Å². The maximum absolute atomic E-state index is 10.5. The minimum Gasteiger partial charge on any atom is -0.497 e. The van der Waals surface area contributed by atoms with Crippen molar-refractivity contribution in [2.24, 2.45) is 4.99 Å². The molecule has 0 aromatic heterocycles. The van der Waals surface area contributed by atoms with Crippen molar-refractivity contribution in [3.05, 3.63) is 23.8 Å². The second kappa shape index (κ2) is 11.6. The Bertz CT molecular complexity index is 506. The van der Waals surface area contributed by atoms with Crippen LogP contribution in [0.2, 0.25) is 0 Å². The second-order valence-electron chi connectivity index (χ2n) is 5.48. The molecule has 0 aliphatic heterocycles. The number of benzene rings is 1. The van der Waals surface area contributed by atoms with E-state index in [4.69, 9.17) is 9.47 Å². The molecule has 0 spiro atoms. The monoisotopic (exact) mass is 337 g/mol. The van der Waals surface area contributed by atoms with E-state index < -0.39 is 6.10 Å². The number of unbranched alkanes of at least 4 members (excludes halogenated alkanes) is 2. The average Bonchev–Trinajstić information content (AvgIpc) is 2.62. The molecule has 0 aliphatic carbocycles. The largest absolute Gasteiger partial charge is 0.497 e. The number of nitrogens with zero attached hydrogens (tertiary/aromatic N) is 1. The molecule has 0 saturated heterocycles. The first-order valence-electron chi connectivity index (χ1n) is 8.58. The molecule has 0 heterocycles. The van der Waals surface area contributed by atoms with Crippen molar-refractivity contribution in [3.63, 3.8) is 0 Å². The molecule has 0 aliphatic rings. The van der Waals surface area contributed by atoms with Gasteiger partial charge in [0.05, 0.1) is 20.8 Å². The summed E-state index contributed by atoms with van der Waals surface area (Å²) >= 11 is 0. The van der Waals surface area contributed by atoms with Crippen LogP contribution in [0.15, 0.2) is 23.2 Å². The predicted molar refractivity (Wildman–Crippen MR) is 98.0 cm³/mol. The summed E-state index contributed by atoms with van der Waals surface area (Å²) in [6.07, 6.45) is 2.72. The molecular weight excluding hydrogens is 306 g/mol. The fourth-order valence-electron chi connectivity index (χ4n) is 2.30. The number of guanidine groups is 1. The fourth-order valence-corrected chi connectivity index (χ4v) is 2.30. The first-order chi connectivity index (χ1) is 11.7. The SMILES string of the molecule is CCCCCNC(=NCC(O)c1cc(OC)ccc1OC)NCC. The van der Waals surface area contributed by atoms with Crippen LogP contribution in [0.3, 0.4) is 0 Å². The van der Waals surface area contributed by atoms with Gasteiger partial charge in [-0.25, -0.2) is 0 Å². The van der Waals surface area contributed by atoms with Crippen LogP contribution < -0.4 is 20.1 Å². The van der Waals surface area contributed by atoms with Crippen LogP contribution in [-0.4, -0.2) is 44.9 Å². The molecule has 136 valence electrons. The third kappa shape index (κ3) is 6.66. The number of aliphatic hydroxyl groups is 1. The molecular formula is C18H31N3O3. The van der Waals surface area contributed by atoms with Crippen molar-refractivity contribution in [1.82, 2.24) is 10.6 Å². The Hall–Kier alpha value is -1.95. The smallest absolute Gasteiger partial charge is 0.191 e. The molecule has 0 radical (unpaired) electrons. The molecule has 6 heteroatoms. The first kappa shape index (κ1) is 20.1. The molecule has 1 unspecified atom stereocenters. The highest BCUT2D eigenvalue weighted by Crippen LogP contribution is 2.29. The molecule has 0 fully saturated rings. The number of aliphatic imine (C=N–C) groups is 1. The number of aliphatic hydroxyl groups excluding tert-OH is 1. The van der Waals surface area contributed by atoms with Crippen LogP contribution in [0, 0.1) is 0 Å². The van der Waals surface area contributed by atoms with Crippen molar-refractivity contribution < 1.29 is 14.6 Å². The second-order valence-corrected chi connectivity index (χ2v) is 5.48. The van der Waals surface area contributed by atoms with E-state index in [9.17, 15) is 5.11 Å². The lowest BCUT2D eigenvalue weighted by atomic mass is 10.1. The number of hydrogen-bond acceptors (Lipinski definition) is 4. The van der Waals surface area contributed by atoms with Gasteiger partial charge in [-0.3, -0.25) is 4.99 Å². The van der Waals surface area contributed by atoms with Gasteiger partial charge in [-0.2, -0.15) is 0 Å². The van der Waals surface area contributed by atoms with Crippen LogP contribution in [0.5, 0.6) is 11.5 Å². The summed E-state index contributed by atoms with van der Waals surface area (Å²) in [5.41, 5.74) is 0.669. The van der Waals surface area contributed by atoms with Crippen LogP contribution in [0.1, 0.15) is 44.8 Å². The van der Waals surface area contributed by atoms with Gasteiger partial charge < -0.3 is 25.2 Å². The lowest BCUT2D eigenvalue weighted by Gasteiger charge is -2.16. The van der Waals surface area contributed by atoms with Gasteiger partial charge >= 0.3 is 0 Å². The fraction of sp³-hybridized carbons (Fsp3) is 0.611. The maximum Gasteiger partial charge on any atom is 0.191 e. The van der Waals surface area contributed by atoms with Crippen molar-refractivity contribution in [2.45, 2.75) is 39.2 Å². The van der Waals surface area contributed by atoms with Gasteiger partial charge in [0, 0.05) is 18.7 Å². The van der Waals surface area contributed by atoms with Crippen LogP contribution in [-0.2, 0) is 0 Å². The number of ether oxygens (including phenoxy) is 2. The van der Waals surface area contributed by atoms with Gasteiger partial charge in [0.25, 0.3) is 0 Å². The molecule has 1 aromatic rings. The zero-order valence-corrected chi connectivity index (χ0v) is 15.3. The van der Waals surface area contributed by atoms with E-state index >= 15 is 0 Å². The van der Waals surface area contributed by atoms with E-state index in [1.165, 1.54) is 12.8 Å². The average molecular weight is 337 g/mol. The summed E-state index contributed by atoms with van der Waals surface area (Å²) in [5, 5.41) is 17.0. The third-order valence-corrected chi connectivity index (χ3v) is 3.64. The molecule has 6 nitrogen and oxygen atoms in total. The Kier molecular flexibility index (Phi) is 9.68. The van der Waals surface area contributed by atoms with E-state index in [1.807, 2.05) is 6.92 Å². The summed E-state index contributed by atoms with van der Waals surface area (Å²) in [7, 11) is 3.18. The Morgan fingerprint density at radius 1 is 1.17 bits per heavy atom. The molecule has 3 N–H and O–H groups in total. The molecule has 1 rings (SSSR count). The highest BCUT2D eigenvalue weighted by atomic mass is 16.5. The van der Waals surface area contributed by atoms with Gasteiger partial charge in [-0.05, 0) is 31.5 Å². The highest BCUT2D eigenvalue weighted by molar-refractivity contribution is 5.79. The third-order valence-electron chi connectivity index (χ3n) is 3.64. The number of hydrogen-bond donors (Lipinski definition) is 3. The molecule has 1 atom stereocenters. The van der Waals surface area contributed by atoms with Crippen molar-refractivity contribution in [1.29, 1.82) is 0 Å². The Balaban J connectivity index is 2.73. The van der Waals surface area contributed by atoms with Gasteiger partial charge in [0.1, 0.15) is 17.6 Å². The standard InChI is InChI=1S/C18H31N3O3/c1-5-7-8-11-20-18(19-6-2)21-13-16(22)15-12-14(23-3)9-10-17(15)24-4/h9-10,12,16,22H,5-8,11,13H2,1-4H3,(H2,19,20,21). The Morgan fingerprint density at radius 2 is 1.96 bits per heavy atom. The minimum atomic E-state index is -0.763. The highest BCUT2D eigenvalue weighted by Gasteiger charge is 2.14. The number of methoxy groups -OCH3 is 2. The first-order valence-corrected chi connectivity index (χ1v) is 8.58. The van der Waals surface area contributed by atoms with Gasteiger partial charge in [0.15, 0.2) is 5.96 Å². The van der Waals surface area contributed by atoms with Crippen molar-refractivity contribution >= 4 is 5.96 Å². The topological polar surface area (TPSA) is 75.1 Å². The summed E-state index contributed by atoms with van der Waals surface area (Å²) < 4.78 is 10.5. The van der Waals surface area contributed by atoms with Gasteiger partial charge in [-0.15, -0.1) is 0 Å². The molecule has 1 aromatic carbocycles. The van der Waals surface area contributed by atoms with E-state index in [-0.39, 0.29) is 6.54 Å². The lowest BCUT2D eigenvalue weighted by molar-refractivity contribution is 0.182. The quantitative estimate of drug-likeness (QED) is 0.347. The van der Waals surface area contributed by atoms with Crippen LogP contribution >= 0.6 is 0 Å². The predicted octanol–water partition coefficient (Wildman–Crippen LogP) is 2.48. The van der Waals surface area contributed by atoms with Gasteiger partial charge in [0.2, 0.25) is 0 Å². The summed E-state index contributed by atoms with van der Waals surface area (Å²) in [5.74, 6) is 2.02. The molecule has 0 bridgehead atoms. The lowest BCUT2D eigenvalue weighted by Crippen LogP contribution is -2.38. The summed E-state index contributed by atoms with van der Waals surface area (Å²) in [6.45, 7) is 6.09. The molecule has 0 saturated carbocycles. The molecule has 0 amide bonds. The van der Waals surface area contributed by atoms with E-state index in [0.29, 0.717) is 17.1 Å². The van der Waals surface area contributed by atoms with E-state index in [1.54, 1.807) is 32.4 Å². The zero-order chi connectivity index (χ0) is 17.8. The number of nitrogens with one attached hydrogen (secondary N) is 2.